The Balaban J connectivity index is 2.31. The number of nitrogens with zero attached hydrogens (tertiary/aromatic N) is 1. The topological polar surface area (TPSA) is 35.8 Å². The molecule has 90 valence electrons. The van der Waals surface area contributed by atoms with Crippen LogP contribution in [0.3, 0.4) is 0 Å². The summed E-state index contributed by atoms with van der Waals surface area (Å²) in [5.74, 6) is 0.270. The first-order valence-electron chi connectivity index (χ1n) is 6.02. The first-order valence-corrected chi connectivity index (χ1v) is 6.02. The minimum atomic E-state index is -0.618. The SMILES string of the molecule is CC(C)CNC1(C#N)CCc2cc(F)ccc21. The average molecular weight is 232 g/mol. The molecule has 0 fully saturated rings. The van der Waals surface area contributed by atoms with Crippen molar-refractivity contribution < 1.29 is 4.39 Å². The minimum Gasteiger partial charge on any atom is -0.295 e. The molecule has 0 spiro atoms. The number of fused-ring (bicyclic) bond motifs is 1. The summed E-state index contributed by atoms with van der Waals surface area (Å²) in [6.07, 6.45) is 1.50. The van der Waals surface area contributed by atoms with Crippen LogP contribution in [0.1, 0.15) is 31.4 Å². The second-order valence-corrected chi connectivity index (χ2v) is 5.09. The maximum absolute atomic E-state index is 13.1. The molecule has 1 unspecified atom stereocenters. The Morgan fingerprint density at radius 1 is 1.53 bits per heavy atom. The van der Waals surface area contributed by atoms with Gasteiger partial charge in [-0.25, -0.2) is 4.39 Å². The van der Waals surface area contributed by atoms with E-state index in [9.17, 15) is 9.65 Å². The summed E-state index contributed by atoms with van der Waals surface area (Å²) in [5.41, 5.74) is 1.29. The second-order valence-electron chi connectivity index (χ2n) is 5.09. The Hall–Kier alpha value is -1.40. The van der Waals surface area contributed by atoms with Crippen molar-refractivity contribution in [2.24, 2.45) is 5.92 Å². The first-order chi connectivity index (χ1) is 8.07. The van der Waals surface area contributed by atoms with Gasteiger partial charge in [-0.05, 0) is 48.6 Å². The molecule has 0 saturated heterocycles. The lowest BCUT2D eigenvalue weighted by Gasteiger charge is -2.25. The number of nitrogens with one attached hydrogen (secondary N) is 1. The van der Waals surface area contributed by atoms with E-state index < -0.39 is 5.54 Å². The Morgan fingerprint density at radius 2 is 2.29 bits per heavy atom. The lowest BCUT2D eigenvalue weighted by Crippen LogP contribution is -2.41. The summed E-state index contributed by atoms with van der Waals surface area (Å²) < 4.78 is 13.1. The van der Waals surface area contributed by atoms with E-state index in [-0.39, 0.29) is 5.82 Å². The maximum atomic E-state index is 13.1. The number of halogens is 1. The van der Waals surface area contributed by atoms with E-state index in [0.29, 0.717) is 5.92 Å². The van der Waals surface area contributed by atoms with Gasteiger partial charge in [0.05, 0.1) is 6.07 Å². The number of hydrogen-bond donors (Lipinski definition) is 1. The first kappa shape index (κ1) is 12.1. The van der Waals surface area contributed by atoms with Crippen LogP contribution in [0.2, 0.25) is 0 Å². The van der Waals surface area contributed by atoms with Crippen LogP contribution in [-0.2, 0) is 12.0 Å². The fourth-order valence-corrected chi connectivity index (χ4v) is 2.36. The Labute approximate surface area is 101 Å². The van der Waals surface area contributed by atoms with Gasteiger partial charge < -0.3 is 0 Å². The van der Waals surface area contributed by atoms with E-state index in [4.69, 9.17) is 0 Å². The maximum Gasteiger partial charge on any atom is 0.132 e. The van der Waals surface area contributed by atoms with E-state index >= 15 is 0 Å². The third-order valence-corrected chi connectivity index (χ3v) is 3.30. The highest BCUT2D eigenvalue weighted by molar-refractivity contribution is 5.43. The molecule has 1 aromatic rings. The molecule has 0 bridgehead atoms. The van der Waals surface area contributed by atoms with Crippen molar-refractivity contribution in [2.45, 2.75) is 32.2 Å². The van der Waals surface area contributed by atoms with Gasteiger partial charge in [-0.15, -0.1) is 0 Å². The van der Waals surface area contributed by atoms with Crippen LogP contribution in [0.4, 0.5) is 4.39 Å². The molecule has 1 N–H and O–H groups in total. The summed E-state index contributed by atoms with van der Waals surface area (Å²) >= 11 is 0. The van der Waals surface area contributed by atoms with Gasteiger partial charge in [-0.3, -0.25) is 5.32 Å². The number of aryl methyl sites for hydroxylation is 1. The average Bonchev–Trinajstić information content (AvgIpc) is 2.65. The monoisotopic (exact) mass is 232 g/mol. The zero-order chi connectivity index (χ0) is 12.5. The molecule has 0 aromatic heterocycles. The molecule has 2 nitrogen and oxygen atoms in total. The van der Waals surface area contributed by atoms with Crippen molar-refractivity contribution in [1.29, 1.82) is 5.26 Å². The highest BCUT2D eigenvalue weighted by Gasteiger charge is 2.38. The van der Waals surface area contributed by atoms with Gasteiger partial charge in [0.25, 0.3) is 0 Å². The van der Waals surface area contributed by atoms with Crippen molar-refractivity contribution in [2.75, 3.05) is 6.54 Å². The van der Waals surface area contributed by atoms with E-state index in [1.165, 1.54) is 6.07 Å². The fraction of sp³-hybridized carbons (Fsp3) is 0.500. The molecule has 1 aliphatic carbocycles. The van der Waals surface area contributed by atoms with Crippen molar-refractivity contribution in [3.8, 4) is 6.07 Å². The minimum absolute atomic E-state index is 0.221. The molecule has 0 amide bonds. The van der Waals surface area contributed by atoms with Crippen LogP contribution in [0.25, 0.3) is 0 Å². The molecule has 1 aliphatic rings. The molecule has 0 saturated carbocycles. The van der Waals surface area contributed by atoms with Gasteiger partial charge in [0.2, 0.25) is 0 Å². The number of benzene rings is 1. The third kappa shape index (κ3) is 2.18. The molecule has 1 aromatic carbocycles. The van der Waals surface area contributed by atoms with Gasteiger partial charge in [0, 0.05) is 0 Å². The molecule has 0 radical (unpaired) electrons. The Kier molecular flexibility index (Phi) is 3.17. The highest BCUT2D eigenvalue weighted by atomic mass is 19.1. The van der Waals surface area contributed by atoms with Crippen LogP contribution in [0, 0.1) is 23.1 Å². The highest BCUT2D eigenvalue weighted by Crippen LogP contribution is 2.36. The fourth-order valence-electron chi connectivity index (χ4n) is 2.36. The number of nitriles is 1. The van der Waals surface area contributed by atoms with Crippen LogP contribution in [-0.4, -0.2) is 6.54 Å². The number of rotatable bonds is 3. The van der Waals surface area contributed by atoms with Crippen LogP contribution in [0.15, 0.2) is 18.2 Å². The van der Waals surface area contributed by atoms with Crippen LogP contribution >= 0.6 is 0 Å². The Bertz CT molecular complexity index is 462. The zero-order valence-electron chi connectivity index (χ0n) is 10.3. The van der Waals surface area contributed by atoms with Gasteiger partial charge in [-0.1, -0.05) is 19.9 Å². The number of hydrogen-bond acceptors (Lipinski definition) is 2. The lowest BCUT2D eigenvalue weighted by molar-refractivity contribution is 0.392. The molecule has 0 aliphatic heterocycles. The van der Waals surface area contributed by atoms with Crippen molar-refractivity contribution in [1.82, 2.24) is 5.32 Å². The normalized spacial score (nSPS) is 22.5. The van der Waals surface area contributed by atoms with Crippen molar-refractivity contribution in [3.63, 3.8) is 0 Å². The molecular formula is C14H17FN2. The van der Waals surface area contributed by atoms with E-state index in [1.807, 2.05) is 0 Å². The van der Waals surface area contributed by atoms with Crippen molar-refractivity contribution >= 4 is 0 Å². The van der Waals surface area contributed by atoms with Crippen molar-refractivity contribution in [3.05, 3.63) is 35.1 Å². The smallest absolute Gasteiger partial charge is 0.132 e. The lowest BCUT2D eigenvalue weighted by atomic mass is 9.93. The summed E-state index contributed by atoms with van der Waals surface area (Å²) in [6.45, 7) is 5.02. The Morgan fingerprint density at radius 3 is 2.94 bits per heavy atom. The van der Waals surface area contributed by atoms with Gasteiger partial charge in [0.15, 0.2) is 0 Å². The van der Waals surface area contributed by atoms with E-state index in [0.717, 1.165) is 30.5 Å². The second kappa shape index (κ2) is 4.46. The molecule has 2 rings (SSSR count). The van der Waals surface area contributed by atoms with Crippen LogP contribution < -0.4 is 5.32 Å². The summed E-state index contributed by atoms with van der Waals surface area (Å²) in [7, 11) is 0. The largest absolute Gasteiger partial charge is 0.295 e. The molecular weight excluding hydrogens is 215 g/mol. The molecule has 17 heavy (non-hydrogen) atoms. The van der Waals surface area contributed by atoms with Gasteiger partial charge in [-0.2, -0.15) is 5.26 Å². The predicted molar refractivity (Wildman–Crippen MR) is 64.9 cm³/mol. The molecule has 3 heteroatoms. The van der Waals surface area contributed by atoms with Crippen LogP contribution in [0.5, 0.6) is 0 Å². The quantitative estimate of drug-likeness (QED) is 0.869. The zero-order valence-corrected chi connectivity index (χ0v) is 10.3. The van der Waals surface area contributed by atoms with Gasteiger partial charge >= 0.3 is 0 Å². The summed E-state index contributed by atoms with van der Waals surface area (Å²) in [6, 6.07) is 7.10. The summed E-state index contributed by atoms with van der Waals surface area (Å²) in [5, 5.41) is 12.8. The molecule has 1 atom stereocenters. The molecule has 0 heterocycles. The van der Waals surface area contributed by atoms with E-state index in [1.54, 1.807) is 12.1 Å². The predicted octanol–water partition coefficient (Wildman–Crippen LogP) is 2.74. The van der Waals surface area contributed by atoms with Gasteiger partial charge in [0.1, 0.15) is 11.4 Å². The third-order valence-electron chi connectivity index (χ3n) is 3.30. The standard InChI is InChI=1S/C14H17FN2/c1-10(2)8-17-14(9-16)6-5-11-7-12(15)3-4-13(11)14/h3-4,7,10,17H,5-6,8H2,1-2H3. The van der Waals surface area contributed by atoms with E-state index in [2.05, 4.69) is 25.2 Å². The summed E-state index contributed by atoms with van der Waals surface area (Å²) in [4.78, 5) is 0.